The van der Waals surface area contributed by atoms with Gasteiger partial charge in [0.15, 0.2) is 0 Å². The summed E-state index contributed by atoms with van der Waals surface area (Å²) in [6.07, 6.45) is 5.34. The van der Waals surface area contributed by atoms with Gasteiger partial charge in [-0.25, -0.2) is 13.8 Å². The number of hydrogen-bond acceptors (Lipinski definition) is 4. The van der Waals surface area contributed by atoms with E-state index in [0.29, 0.717) is 28.2 Å². The lowest BCUT2D eigenvalue weighted by Crippen LogP contribution is -2.25. The minimum Gasteiger partial charge on any atom is -0.268 e. The first-order valence-corrected chi connectivity index (χ1v) is 8.31. The van der Waals surface area contributed by atoms with E-state index >= 15 is 0 Å². The topological polar surface area (TPSA) is 67.4 Å². The summed E-state index contributed by atoms with van der Waals surface area (Å²) in [6, 6.07) is 9.34. The molecule has 3 aromatic rings. The summed E-state index contributed by atoms with van der Waals surface area (Å²) in [5.74, 6) is 0.294. The van der Waals surface area contributed by atoms with Gasteiger partial charge in [-0.15, -0.1) is 0 Å². The zero-order valence-electron chi connectivity index (χ0n) is 13.8. The van der Waals surface area contributed by atoms with Gasteiger partial charge in [0.05, 0.1) is 35.0 Å². The maximum Gasteiger partial charge on any atom is 0.282 e. The number of halogens is 2. The van der Waals surface area contributed by atoms with E-state index in [0.717, 1.165) is 12.8 Å². The van der Waals surface area contributed by atoms with Crippen LogP contribution in [0.15, 0.2) is 48.8 Å². The van der Waals surface area contributed by atoms with E-state index in [1.807, 2.05) is 30.3 Å². The second-order valence-electron chi connectivity index (χ2n) is 6.33. The molecule has 0 spiro atoms. The van der Waals surface area contributed by atoms with Crippen LogP contribution in [0.4, 0.5) is 8.78 Å². The predicted octanol–water partition coefficient (Wildman–Crippen LogP) is 4.46. The van der Waals surface area contributed by atoms with Crippen LogP contribution in [0, 0.1) is 17.2 Å². The molecule has 7 heteroatoms. The Hall–Kier alpha value is -3.14. The van der Waals surface area contributed by atoms with Gasteiger partial charge in [0, 0.05) is 17.8 Å². The van der Waals surface area contributed by atoms with E-state index in [1.54, 1.807) is 16.9 Å². The molecule has 0 atom stereocenters. The molecule has 1 aliphatic rings. The molecular weight excluding hydrogens is 336 g/mol. The van der Waals surface area contributed by atoms with Crippen molar-refractivity contribution in [2.24, 2.45) is 5.92 Å². The Kier molecular flexibility index (Phi) is 4.17. The van der Waals surface area contributed by atoms with Gasteiger partial charge in [-0.05, 0) is 30.9 Å². The molecule has 0 N–H and O–H groups in total. The van der Waals surface area contributed by atoms with Gasteiger partial charge in [0.1, 0.15) is 5.69 Å². The summed E-state index contributed by atoms with van der Waals surface area (Å²) in [4.78, 5) is 8.77. The van der Waals surface area contributed by atoms with E-state index in [2.05, 4.69) is 15.1 Å². The molecular formula is C19H15F2N5. The van der Waals surface area contributed by atoms with E-state index in [1.165, 1.54) is 12.3 Å². The highest BCUT2D eigenvalue weighted by Gasteiger charge is 2.31. The highest BCUT2D eigenvalue weighted by molar-refractivity contribution is 5.77. The van der Waals surface area contributed by atoms with Crippen molar-refractivity contribution in [3.63, 3.8) is 0 Å². The largest absolute Gasteiger partial charge is 0.282 e. The van der Waals surface area contributed by atoms with Crippen molar-refractivity contribution in [1.29, 1.82) is 5.26 Å². The fourth-order valence-corrected chi connectivity index (χ4v) is 3.22. The smallest absolute Gasteiger partial charge is 0.268 e. The number of nitriles is 1. The average Bonchev–Trinajstić information content (AvgIpc) is 3.05. The molecule has 2 aromatic heterocycles. The van der Waals surface area contributed by atoms with Crippen LogP contribution in [0.25, 0.3) is 22.3 Å². The summed E-state index contributed by atoms with van der Waals surface area (Å²) in [6.45, 7) is 0. The van der Waals surface area contributed by atoms with Crippen molar-refractivity contribution < 1.29 is 8.78 Å². The third-order valence-corrected chi connectivity index (χ3v) is 4.66. The van der Waals surface area contributed by atoms with Crippen LogP contribution >= 0.6 is 0 Å². The molecule has 0 aliphatic heterocycles. The summed E-state index contributed by atoms with van der Waals surface area (Å²) < 4.78 is 28.6. The number of nitrogens with zero attached hydrogens (tertiary/aromatic N) is 5. The molecule has 4 rings (SSSR count). The molecule has 0 radical (unpaired) electrons. The Labute approximate surface area is 148 Å². The molecule has 5 nitrogen and oxygen atoms in total. The van der Waals surface area contributed by atoms with Crippen LogP contribution in [-0.2, 0) is 0 Å². The Bertz CT molecular complexity index is 1010. The lowest BCUT2D eigenvalue weighted by molar-refractivity contribution is 0.142. The van der Waals surface area contributed by atoms with Crippen LogP contribution in [0.1, 0.15) is 31.0 Å². The zero-order chi connectivity index (χ0) is 18.1. The van der Waals surface area contributed by atoms with Crippen LogP contribution in [-0.4, -0.2) is 19.7 Å². The third-order valence-electron chi connectivity index (χ3n) is 4.66. The highest BCUT2D eigenvalue weighted by Crippen LogP contribution is 2.40. The number of rotatable bonds is 4. The molecule has 0 saturated heterocycles. The molecule has 26 heavy (non-hydrogen) atoms. The number of allylic oxidation sites excluding steroid dienone is 2. The molecule has 0 bridgehead atoms. The van der Waals surface area contributed by atoms with E-state index < -0.39 is 6.43 Å². The van der Waals surface area contributed by atoms with Crippen LogP contribution < -0.4 is 0 Å². The third kappa shape index (κ3) is 2.94. The van der Waals surface area contributed by atoms with Gasteiger partial charge >= 0.3 is 0 Å². The summed E-state index contributed by atoms with van der Waals surface area (Å²) in [5, 5.41) is 12.7. The Balaban J connectivity index is 1.66. The van der Waals surface area contributed by atoms with E-state index in [9.17, 15) is 8.78 Å². The van der Waals surface area contributed by atoms with Gasteiger partial charge in [-0.1, -0.05) is 18.2 Å². The normalized spacial score (nSPS) is 19.8. The fourth-order valence-electron chi connectivity index (χ4n) is 3.22. The summed E-state index contributed by atoms with van der Waals surface area (Å²) >= 11 is 0. The summed E-state index contributed by atoms with van der Waals surface area (Å²) in [7, 11) is 0. The van der Waals surface area contributed by atoms with Gasteiger partial charge in [-0.3, -0.25) is 9.67 Å². The van der Waals surface area contributed by atoms with Gasteiger partial charge in [0.25, 0.3) is 6.43 Å². The van der Waals surface area contributed by atoms with E-state index in [4.69, 9.17) is 5.26 Å². The van der Waals surface area contributed by atoms with Gasteiger partial charge in [0.2, 0.25) is 0 Å². The fraction of sp³-hybridized carbons (Fsp3) is 0.263. The minimum atomic E-state index is -2.69. The first-order valence-electron chi connectivity index (χ1n) is 8.31. The second-order valence-corrected chi connectivity index (χ2v) is 6.33. The number of fused-ring (bicyclic) bond motifs is 1. The zero-order valence-corrected chi connectivity index (χ0v) is 13.8. The first kappa shape index (κ1) is 16.3. The molecule has 1 fully saturated rings. The molecule has 2 heterocycles. The Morgan fingerprint density at radius 2 is 2.00 bits per heavy atom. The first-order chi connectivity index (χ1) is 12.7. The SMILES string of the molecule is N#C/C=C/C1CC(n2cc(-c3cnc4ccccc4n3)c(C(F)F)n2)C1. The standard InChI is InChI=1S/C19H15F2N5/c20-19(21)18-14(17-10-23-15-5-1-2-6-16(15)24-17)11-26(25-18)13-8-12(9-13)4-3-7-22/h1-6,10-13,19H,8-9H2/b4-3+. The van der Waals surface area contributed by atoms with E-state index in [-0.39, 0.29) is 11.7 Å². The van der Waals surface area contributed by atoms with Crippen LogP contribution in [0.5, 0.6) is 0 Å². The van der Waals surface area contributed by atoms with Crippen LogP contribution in [0.2, 0.25) is 0 Å². The Morgan fingerprint density at radius 3 is 2.73 bits per heavy atom. The van der Waals surface area contributed by atoms with Crippen molar-refractivity contribution in [2.75, 3.05) is 0 Å². The predicted molar refractivity (Wildman–Crippen MR) is 92.2 cm³/mol. The summed E-state index contributed by atoms with van der Waals surface area (Å²) in [5.41, 5.74) is 1.81. The second kappa shape index (κ2) is 6.64. The van der Waals surface area contributed by atoms with Crippen molar-refractivity contribution >= 4 is 11.0 Å². The number of alkyl halides is 2. The lowest BCUT2D eigenvalue weighted by Gasteiger charge is -2.33. The molecule has 0 amide bonds. The molecule has 1 aliphatic carbocycles. The van der Waals surface area contributed by atoms with Gasteiger partial charge < -0.3 is 0 Å². The number of hydrogen-bond donors (Lipinski definition) is 0. The van der Waals surface area contributed by atoms with Crippen LogP contribution in [0.3, 0.4) is 0 Å². The number of benzene rings is 1. The number of para-hydroxylation sites is 2. The monoisotopic (exact) mass is 351 g/mol. The maximum absolute atomic E-state index is 13.5. The maximum atomic E-state index is 13.5. The lowest BCUT2D eigenvalue weighted by atomic mass is 9.80. The molecule has 0 unspecified atom stereocenters. The van der Waals surface area contributed by atoms with Crippen molar-refractivity contribution in [2.45, 2.75) is 25.3 Å². The molecule has 130 valence electrons. The number of aromatic nitrogens is 4. The molecule has 1 aromatic carbocycles. The molecule has 1 saturated carbocycles. The van der Waals surface area contributed by atoms with Gasteiger partial charge in [-0.2, -0.15) is 10.4 Å². The van der Waals surface area contributed by atoms with Crippen molar-refractivity contribution in [3.05, 3.63) is 54.5 Å². The minimum absolute atomic E-state index is 0.0583. The van der Waals surface area contributed by atoms with Crippen molar-refractivity contribution in [1.82, 2.24) is 19.7 Å². The quantitative estimate of drug-likeness (QED) is 0.651. The Morgan fingerprint density at radius 1 is 1.23 bits per heavy atom. The average molecular weight is 351 g/mol. The highest BCUT2D eigenvalue weighted by atomic mass is 19.3. The van der Waals surface area contributed by atoms with Crippen molar-refractivity contribution in [3.8, 4) is 17.3 Å².